The van der Waals surface area contributed by atoms with Crippen molar-refractivity contribution < 1.29 is 34.4 Å². The summed E-state index contributed by atoms with van der Waals surface area (Å²) in [7, 11) is 0. The summed E-state index contributed by atoms with van der Waals surface area (Å²) < 4.78 is 5.72. The molecular weight excluding hydrogens is 328 g/mol. The molecule has 7 nitrogen and oxygen atoms in total. The lowest BCUT2D eigenvalue weighted by Crippen LogP contribution is -2.45. The number of benzene rings is 1. The van der Waals surface area contributed by atoms with E-state index in [1.54, 1.807) is 0 Å². The zero-order valence-corrected chi connectivity index (χ0v) is 14.3. The fourth-order valence-electron chi connectivity index (χ4n) is 3.72. The maximum absolute atomic E-state index is 12.2. The van der Waals surface area contributed by atoms with Gasteiger partial charge in [0, 0.05) is 12.0 Å². The Balaban J connectivity index is 2.43. The summed E-state index contributed by atoms with van der Waals surface area (Å²) in [6.45, 7) is 5.37. The lowest BCUT2D eigenvalue weighted by molar-refractivity contribution is -0.123. The summed E-state index contributed by atoms with van der Waals surface area (Å²) >= 11 is 0. The molecule has 0 fully saturated rings. The Labute approximate surface area is 143 Å². The third-order valence-corrected chi connectivity index (χ3v) is 5.14. The minimum absolute atomic E-state index is 0.0588. The number of fused-ring (bicyclic) bond motifs is 3. The van der Waals surface area contributed by atoms with Crippen LogP contribution in [0, 0.1) is 6.92 Å². The monoisotopic (exact) mass is 346 g/mol. The molecule has 0 bridgehead atoms. The summed E-state index contributed by atoms with van der Waals surface area (Å²) in [6.07, 6.45) is -1.09. The number of hydrogen-bond donors (Lipinski definition) is 3. The van der Waals surface area contributed by atoms with Crippen LogP contribution in [0.15, 0.2) is 11.3 Å². The second-order valence-corrected chi connectivity index (χ2v) is 6.67. The minimum Gasteiger partial charge on any atom is -0.510 e. The Morgan fingerprint density at radius 1 is 1.12 bits per heavy atom. The van der Waals surface area contributed by atoms with Crippen molar-refractivity contribution in [3.05, 3.63) is 28.0 Å². The number of carbonyl (C=O) groups excluding carboxylic acids is 3. The molecule has 7 heteroatoms. The quantitative estimate of drug-likeness (QED) is 0.553. The first-order valence-corrected chi connectivity index (χ1v) is 7.77. The van der Waals surface area contributed by atoms with Crippen molar-refractivity contribution in [2.45, 2.75) is 45.6 Å². The van der Waals surface area contributed by atoms with Crippen LogP contribution in [-0.4, -0.2) is 38.8 Å². The zero-order valence-electron chi connectivity index (χ0n) is 14.3. The summed E-state index contributed by atoms with van der Waals surface area (Å²) in [5.74, 6) is -2.94. The number of allylic oxidation sites excluding steroid dienone is 1. The van der Waals surface area contributed by atoms with Gasteiger partial charge in [0.1, 0.15) is 34.7 Å². The van der Waals surface area contributed by atoms with Crippen molar-refractivity contribution in [3.63, 3.8) is 0 Å². The van der Waals surface area contributed by atoms with Gasteiger partial charge in [-0.1, -0.05) is 0 Å². The maximum atomic E-state index is 12.2. The molecule has 3 N–H and O–H groups in total. The van der Waals surface area contributed by atoms with Crippen molar-refractivity contribution >= 4 is 17.3 Å². The molecule has 0 unspecified atom stereocenters. The van der Waals surface area contributed by atoms with Gasteiger partial charge in [-0.15, -0.1) is 0 Å². The Bertz CT molecular complexity index is 893. The highest BCUT2D eigenvalue weighted by molar-refractivity contribution is 6.21. The number of ether oxygens (including phenoxy) is 1. The molecule has 1 heterocycles. The van der Waals surface area contributed by atoms with Crippen LogP contribution in [0.25, 0.3) is 0 Å². The second-order valence-electron chi connectivity index (χ2n) is 6.67. The van der Waals surface area contributed by atoms with Gasteiger partial charge in [-0.25, -0.2) is 0 Å². The molecule has 0 saturated heterocycles. The van der Waals surface area contributed by atoms with E-state index in [0.29, 0.717) is 0 Å². The number of phenolic OH excluding ortho intramolecular Hbond substituents is 2. The molecular formula is C18H18O7. The first-order valence-electron chi connectivity index (χ1n) is 7.77. The predicted octanol–water partition coefficient (Wildman–Crippen LogP) is 2.00. The van der Waals surface area contributed by atoms with E-state index in [1.165, 1.54) is 27.7 Å². The number of aliphatic hydroxyl groups is 1. The van der Waals surface area contributed by atoms with Gasteiger partial charge in [0.2, 0.25) is 0 Å². The SMILES string of the molecule is CC(=O)C1=C(O)[C@@]2(C)c3c(O)c(C)c(O)c(C(C)=O)c3O[C@@H]2CC1=O. The smallest absolute Gasteiger partial charge is 0.173 e. The largest absolute Gasteiger partial charge is 0.510 e. The van der Waals surface area contributed by atoms with E-state index < -0.39 is 40.4 Å². The number of carbonyl (C=O) groups is 3. The van der Waals surface area contributed by atoms with E-state index in [4.69, 9.17) is 4.74 Å². The van der Waals surface area contributed by atoms with E-state index in [0.717, 1.165) is 0 Å². The molecule has 25 heavy (non-hydrogen) atoms. The van der Waals surface area contributed by atoms with Crippen LogP contribution in [0.4, 0.5) is 0 Å². The molecule has 2 atom stereocenters. The van der Waals surface area contributed by atoms with E-state index in [-0.39, 0.29) is 40.2 Å². The van der Waals surface area contributed by atoms with Crippen LogP contribution in [0.2, 0.25) is 0 Å². The van der Waals surface area contributed by atoms with Gasteiger partial charge in [-0.2, -0.15) is 0 Å². The Morgan fingerprint density at radius 2 is 1.72 bits per heavy atom. The fraction of sp³-hybridized carbons (Fsp3) is 0.389. The molecule has 1 aliphatic heterocycles. The van der Waals surface area contributed by atoms with Crippen molar-refractivity contribution in [3.8, 4) is 17.2 Å². The molecule has 1 aliphatic carbocycles. The third-order valence-electron chi connectivity index (χ3n) is 5.14. The molecule has 0 spiro atoms. The topological polar surface area (TPSA) is 121 Å². The number of phenols is 2. The Hall–Kier alpha value is -2.83. The van der Waals surface area contributed by atoms with Gasteiger partial charge >= 0.3 is 0 Å². The third kappa shape index (κ3) is 1.95. The second kappa shape index (κ2) is 5.08. The highest BCUT2D eigenvalue weighted by Crippen LogP contribution is 2.58. The van der Waals surface area contributed by atoms with Gasteiger partial charge in [-0.05, 0) is 27.7 Å². The predicted molar refractivity (Wildman–Crippen MR) is 86.2 cm³/mol. The molecule has 0 saturated carbocycles. The number of hydrogen-bond acceptors (Lipinski definition) is 7. The average Bonchev–Trinajstić information content (AvgIpc) is 2.78. The molecule has 1 aromatic rings. The summed E-state index contributed by atoms with van der Waals surface area (Å²) in [4.78, 5) is 36.0. The Kier molecular flexibility index (Phi) is 3.46. The normalized spacial score (nSPS) is 24.6. The fourth-order valence-corrected chi connectivity index (χ4v) is 3.72. The zero-order chi connectivity index (χ0) is 18.8. The van der Waals surface area contributed by atoms with Gasteiger partial charge in [0.05, 0.1) is 16.6 Å². The first kappa shape index (κ1) is 17.0. The summed E-state index contributed by atoms with van der Waals surface area (Å²) in [5, 5.41) is 31.5. The number of ketones is 3. The van der Waals surface area contributed by atoms with Gasteiger partial charge in [0.25, 0.3) is 0 Å². The summed E-state index contributed by atoms with van der Waals surface area (Å²) in [5.41, 5.74) is -1.67. The van der Waals surface area contributed by atoms with Crippen molar-refractivity contribution in [2.24, 2.45) is 0 Å². The van der Waals surface area contributed by atoms with Crippen molar-refractivity contribution in [1.82, 2.24) is 0 Å². The highest BCUT2D eigenvalue weighted by Gasteiger charge is 2.57. The van der Waals surface area contributed by atoms with Gasteiger partial charge in [0.15, 0.2) is 17.3 Å². The lowest BCUT2D eigenvalue weighted by Gasteiger charge is -2.34. The molecule has 2 aliphatic rings. The van der Waals surface area contributed by atoms with Crippen molar-refractivity contribution in [1.29, 1.82) is 0 Å². The highest BCUT2D eigenvalue weighted by atomic mass is 16.5. The molecule has 1 aromatic carbocycles. The number of aliphatic hydroxyl groups excluding tert-OH is 1. The van der Waals surface area contributed by atoms with E-state index in [2.05, 4.69) is 0 Å². The van der Waals surface area contributed by atoms with Crippen LogP contribution >= 0.6 is 0 Å². The number of aromatic hydroxyl groups is 2. The average molecular weight is 346 g/mol. The molecule has 0 aromatic heterocycles. The van der Waals surface area contributed by atoms with Gasteiger partial charge in [-0.3, -0.25) is 14.4 Å². The van der Waals surface area contributed by atoms with E-state index in [1.807, 2.05) is 0 Å². The van der Waals surface area contributed by atoms with Crippen LogP contribution in [0.1, 0.15) is 48.7 Å². The molecule has 3 rings (SSSR count). The van der Waals surface area contributed by atoms with Crippen LogP contribution < -0.4 is 4.74 Å². The molecule has 0 amide bonds. The standard InChI is InChI=1S/C18H18O7/c1-6-14(22)12(8(3)20)16-13(15(6)23)18(4)10(25-16)5-9(21)11(7(2)19)17(18)24/h10,22-24H,5H2,1-4H3/t10-,18-/m1/s1. The minimum atomic E-state index is -1.38. The maximum Gasteiger partial charge on any atom is 0.173 e. The Morgan fingerprint density at radius 3 is 2.24 bits per heavy atom. The number of Topliss-reactive ketones (excluding diaryl/α,β-unsaturated/α-hetero) is 3. The van der Waals surface area contributed by atoms with Crippen LogP contribution in [0.3, 0.4) is 0 Å². The summed E-state index contributed by atoms with van der Waals surface area (Å²) in [6, 6.07) is 0. The van der Waals surface area contributed by atoms with Crippen LogP contribution in [-0.2, 0) is 15.0 Å². The van der Waals surface area contributed by atoms with E-state index >= 15 is 0 Å². The van der Waals surface area contributed by atoms with E-state index in [9.17, 15) is 29.7 Å². The molecule has 0 radical (unpaired) electrons. The molecule has 132 valence electrons. The lowest BCUT2D eigenvalue weighted by atomic mass is 9.68. The van der Waals surface area contributed by atoms with Gasteiger partial charge < -0.3 is 20.1 Å². The van der Waals surface area contributed by atoms with Crippen molar-refractivity contribution in [2.75, 3.05) is 0 Å². The first-order chi connectivity index (χ1) is 11.5. The number of rotatable bonds is 2. The van der Waals surface area contributed by atoms with Crippen LogP contribution in [0.5, 0.6) is 17.2 Å².